The quantitative estimate of drug-likeness (QED) is 0.610. The van der Waals surface area contributed by atoms with Gasteiger partial charge in [-0.3, -0.25) is 0 Å². The van der Waals surface area contributed by atoms with E-state index >= 15 is 0 Å². The maximum Gasteiger partial charge on any atom is 0.433 e. The number of hydrogen-bond acceptors (Lipinski definition) is 2. The van der Waals surface area contributed by atoms with E-state index in [1.54, 1.807) is 0 Å². The summed E-state index contributed by atoms with van der Waals surface area (Å²) in [5, 5.41) is 0. The second-order valence-corrected chi connectivity index (χ2v) is 3.78. The highest BCUT2D eigenvalue weighted by Gasteiger charge is 2.32. The van der Waals surface area contributed by atoms with Crippen LogP contribution in [-0.2, 0) is 6.18 Å². The van der Waals surface area contributed by atoms with Crippen LogP contribution in [0, 0.1) is 0 Å². The average Bonchev–Trinajstić information content (AvgIpc) is 2.27. The molecule has 0 unspecified atom stereocenters. The van der Waals surface area contributed by atoms with Crippen LogP contribution in [0.4, 0.5) is 27.8 Å². The Bertz CT molecular complexity index is 383. The van der Waals surface area contributed by atoms with Gasteiger partial charge in [0, 0.05) is 12.4 Å². The maximum absolute atomic E-state index is 12.4. The number of alkyl halides is 6. The highest BCUT2D eigenvalue weighted by Crippen LogP contribution is 2.28. The lowest BCUT2D eigenvalue weighted by Gasteiger charge is -2.22. The molecule has 1 rings (SSSR count). The molecule has 0 bridgehead atoms. The molecule has 0 amide bonds. The summed E-state index contributed by atoms with van der Waals surface area (Å²) >= 11 is 5.42. The molecular weight excluding hydrogens is 279 g/mol. The van der Waals surface area contributed by atoms with Crippen molar-refractivity contribution in [2.45, 2.75) is 12.6 Å². The van der Waals surface area contributed by atoms with Crippen molar-refractivity contribution in [1.29, 1.82) is 0 Å². The first-order chi connectivity index (χ1) is 8.34. The summed E-state index contributed by atoms with van der Waals surface area (Å²) < 4.78 is 61.9. The van der Waals surface area contributed by atoms with E-state index in [0.717, 1.165) is 17.0 Å². The first-order valence-corrected chi connectivity index (χ1v) is 5.51. The number of aromatic nitrogens is 1. The Morgan fingerprint density at radius 3 is 2.44 bits per heavy atom. The van der Waals surface area contributed by atoms with Gasteiger partial charge in [-0.05, 0) is 12.1 Å². The van der Waals surface area contributed by atoms with Crippen molar-refractivity contribution in [3.63, 3.8) is 0 Å². The molecule has 0 aliphatic rings. The highest BCUT2D eigenvalue weighted by molar-refractivity contribution is 6.18. The van der Waals surface area contributed by atoms with Crippen molar-refractivity contribution >= 4 is 17.4 Å². The lowest BCUT2D eigenvalue weighted by atomic mass is 10.3. The van der Waals surface area contributed by atoms with Crippen molar-refractivity contribution in [3.8, 4) is 0 Å². The van der Waals surface area contributed by atoms with Crippen LogP contribution in [0.25, 0.3) is 0 Å². The van der Waals surface area contributed by atoms with Crippen molar-refractivity contribution in [1.82, 2.24) is 4.98 Å². The minimum atomic E-state index is -4.60. The van der Waals surface area contributed by atoms with Gasteiger partial charge in [0.2, 0.25) is 0 Å². The Balaban J connectivity index is 2.97. The van der Waals surface area contributed by atoms with E-state index in [-0.39, 0.29) is 18.2 Å². The van der Waals surface area contributed by atoms with Crippen LogP contribution in [0.1, 0.15) is 5.69 Å². The number of pyridine rings is 1. The number of anilines is 1. The van der Waals surface area contributed by atoms with Gasteiger partial charge >= 0.3 is 6.18 Å². The van der Waals surface area contributed by atoms with E-state index in [2.05, 4.69) is 4.98 Å². The predicted octanol–water partition coefficient (Wildman–Crippen LogP) is 3.41. The largest absolute Gasteiger partial charge is 0.433 e. The summed E-state index contributed by atoms with van der Waals surface area (Å²) in [7, 11) is 0. The molecule has 0 radical (unpaired) electrons. The molecular formula is C10H10ClF5N2. The van der Waals surface area contributed by atoms with Crippen LogP contribution < -0.4 is 4.90 Å². The summed E-state index contributed by atoms with van der Waals surface area (Å²) in [5.74, 6) is -0.143. The molecule has 0 saturated carbocycles. The Morgan fingerprint density at radius 1 is 1.28 bits per heavy atom. The smallest absolute Gasteiger partial charge is 0.350 e. The van der Waals surface area contributed by atoms with E-state index in [1.807, 2.05) is 0 Å². The molecule has 0 spiro atoms. The second-order valence-electron chi connectivity index (χ2n) is 3.40. The first-order valence-electron chi connectivity index (χ1n) is 4.98. The molecule has 0 N–H and O–H groups in total. The van der Waals surface area contributed by atoms with E-state index in [1.165, 1.54) is 6.07 Å². The molecule has 0 aromatic carbocycles. The summed E-state index contributed by atoms with van der Waals surface area (Å²) in [6.07, 6.45) is -7.28. The van der Waals surface area contributed by atoms with Crippen molar-refractivity contribution in [3.05, 3.63) is 23.9 Å². The van der Waals surface area contributed by atoms with Gasteiger partial charge in [-0.15, -0.1) is 11.6 Å². The second kappa shape index (κ2) is 6.17. The number of hydrogen-bond donors (Lipinski definition) is 0. The van der Waals surface area contributed by atoms with Crippen molar-refractivity contribution in [2.75, 3.05) is 23.9 Å². The molecule has 102 valence electrons. The Labute approximate surface area is 105 Å². The van der Waals surface area contributed by atoms with Gasteiger partial charge < -0.3 is 4.90 Å². The Kier molecular flexibility index (Phi) is 5.13. The topological polar surface area (TPSA) is 16.1 Å². The Morgan fingerprint density at radius 2 is 1.94 bits per heavy atom. The fraction of sp³-hybridized carbons (Fsp3) is 0.500. The molecule has 18 heavy (non-hydrogen) atoms. The third-order valence-electron chi connectivity index (χ3n) is 2.06. The molecule has 0 aliphatic carbocycles. The van der Waals surface area contributed by atoms with Gasteiger partial charge in [-0.1, -0.05) is 6.07 Å². The van der Waals surface area contributed by atoms with Crippen LogP contribution in [-0.4, -0.2) is 30.4 Å². The van der Waals surface area contributed by atoms with E-state index in [0.29, 0.717) is 0 Å². The standard InChI is InChI=1S/C10H10ClF5N2/c11-4-5-18(6-8(12)13)9-3-1-2-7(17-9)10(14,15)16/h1-3,8H,4-6H2. The monoisotopic (exact) mass is 288 g/mol. The molecule has 0 atom stereocenters. The van der Waals surface area contributed by atoms with E-state index in [4.69, 9.17) is 11.6 Å². The molecule has 0 saturated heterocycles. The van der Waals surface area contributed by atoms with Gasteiger partial charge in [0.1, 0.15) is 11.5 Å². The maximum atomic E-state index is 12.4. The van der Waals surface area contributed by atoms with Crippen LogP contribution in [0.15, 0.2) is 18.2 Å². The molecule has 0 aliphatic heterocycles. The minimum Gasteiger partial charge on any atom is -0.350 e. The molecule has 8 heteroatoms. The fourth-order valence-electron chi connectivity index (χ4n) is 1.33. The molecule has 0 fully saturated rings. The zero-order chi connectivity index (χ0) is 13.8. The van der Waals surface area contributed by atoms with E-state index < -0.39 is 24.8 Å². The van der Waals surface area contributed by atoms with Gasteiger partial charge in [0.05, 0.1) is 6.54 Å². The molecule has 1 heterocycles. The molecule has 1 aromatic rings. The summed E-state index contributed by atoms with van der Waals surface area (Å²) in [5.41, 5.74) is -1.12. The SMILES string of the molecule is FC(F)CN(CCCl)c1cccc(C(F)(F)F)n1. The number of nitrogens with zero attached hydrogens (tertiary/aromatic N) is 2. The predicted molar refractivity (Wildman–Crippen MR) is 58.2 cm³/mol. The zero-order valence-electron chi connectivity index (χ0n) is 9.09. The summed E-state index contributed by atoms with van der Waals surface area (Å²) in [6.45, 7) is -0.707. The van der Waals surface area contributed by atoms with Gasteiger partial charge in [-0.25, -0.2) is 13.8 Å². The van der Waals surface area contributed by atoms with Gasteiger partial charge in [-0.2, -0.15) is 13.2 Å². The first kappa shape index (κ1) is 14.9. The normalized spacial score (nSPS) is 11.9. The van der Waals surface area contributed by atoms with Crippen LogP contribution >= 0.6 is 11.6 Å². The summed E-state index contributed by atoms with van der Waals surface area (Å²) in [6, 6.07) is 3.15. The zero-order valence-corrected chi connectivity index (χ0v) is 9.85. The third-order valence-corrected chi connectivity index (χ3v) is 2.23. The minimum absolute atomic E-state index is 0.000204. The molecule has 2 nitrogen and oxygen atoms in total. The van der Waals surface area contributed by atoms with Crippen LogP contribution in [0.3, 0.4) is 0 Å². The number of rotatable bonds is 5. The Hall–Kier alpha value is -1.11. The lowest BCUT2D eigenvalue weighted by Crippen LogP contribution is -2.31. The van der Waals surface area contributed by atoms with Crippen LogP contribution in [0.2, 0.25) is 0 Å². The van der Waals surface area contributed by atoms with Gasteiger partial charge in [0.15, 0.2) is 0 Å². The fourth-order valence-corrected chi connectivity index (χ4v) is 1.53. The van der Waals surface area contributed by atoms with Crippen LogP contribution in [0.5, 0.6) is 0 Å². The van der Waals surface area contributed by atoms with Crippen molar-refractivity contribution < 1.29 is 22.0 Å². The van der Waals surface area contributed by atoms with E-state index in [9.17, 15) is 22.0 Å². The number of halogens is 6. The molecule has 1 aromatic heterocycles. The summed E-state index contributed by atoms with van der Waals surface area (Å²) in [4.78, 5) is 4.35. The highest BCUT2D eigenvalue weighted by atomic mass is 35.5. The average molecular weight is 289 g/mol. The van der Waals surface area contributed by atoms with Gasteiger partial charge in [0.25, 0.3) is 6.43 Å². The van der Waals surface area contributed by atoms with Crippen molar-refractivity contribution in [2.24, 2.45) is 0 Å². The third kappa shape index (κ3) is 4.29. The lowest BCUT2D eigenvalue weighted by molar-refractivity contribution is -0.141.